The first-order valence-electron chi connectivity index (χ1n) is 5.12. The van der Waals surface area contributed by atoms with E-state index >= 15 is 0 Å². The second kappa shape index (κ2) is 4.64. The van der Waals surface area contributed by atoms with Crippen LogP contribution in [0, 0.1) is 5.92 Å². The minimum absolute atomic E-state index is 0.00569. The molecule has 1 fully saturated rings. The SMILES string of the molecule is CCC1OCCC1C(=O)c1sccc1Cl. The summed E-state index contributed by atoms with van der Waals surface area (Å²) in [6.45, 7) is 2.74. The zero-order valence-corrected chi connectivity index (χ0v) is 10.1. The molecule has 1 aliphatic heterocycles. The van der Waals surface area contributed by atoms with E-state index in [9.17, 15) is 4.79 Å². The number of carbonyl (C=O) groups is 1. The molecule has 1 aromatic rings. The van der Waals surface area contributed by atoms with Crippen molar-refractivity contribution in [3.8, 4) is 0 Å². The first-order valence-corrected chi connectivity index (χ1v) is 6.38. The molecule has 0 amide bonds. The molecule has 0 saturated carbocycles. The van der Waals surface area contributed by atoms with Crippen LogP contribution in [0.3, 0.4) is 0 Å². The number of carbonyl (C=O) groups excluding carboxylic acids is 1. The van der Waals surface area contributed by atoms with Gasteiger partial charge in [0.25, 0.3) is 0 Å². The fraction of sp³-hybridized carbons (Fsp3) is 0.545. The van der Waals surface area contributed by atoms with E-state index in [1.165, 1.54) is 11.3 Å². The molecule has 1 aromatic heterocycles. The summed E-state index contributed by atoms with van der Waals surface area (Å²) in [5, 5.41) is 2.43. The molecule has 2 nitrogen and oxygen atoms in total. The van der Waals surface area contributed by atoms with Crippen LogP contribution in [0.5, 0.6) is 0 Å². The molecule has 0 bridgehead atoms. The van der Waals surface area contributed by atoms with E-state index in [1.54, 1.807) is 6.07 Å². The minimum atomic E-state index is 0.00569. The molecule has 2 atom stereocenters. The quantitative estimate of drug-likeness (QED) is 0.762. The lowest BCUT2D eigenvalue weighted by molar-refractivity contribution is 0.0692. The van der Waals surface area contributed by atoms with Gasteiger partial charge in [-0.05, 0) is 24.3 Å². The number of ether oxygens (including phenoxy) is 1. The summed E-state index contributed by atoms with van der Waals surface area (Å²) in [6, 6.07) is 1.77. The monoisotopic (exact) mass is 244 g/mol. The Bertz CT molecular complexity index is 361. The summed E-state index contributed by atoms with van der Waals surface area (Å²) in [4.78, 5) is 12.8. The summed E-state index contributed by atoms with van der Waals surface area (Å²) < 4.78 is 5.51. The molecule has 1 saturated heterocycles. The maximum atomic E-state index is 12.1. The molecule has 0 N–H and O–H groups in total. The van der Waals surface area contributed by atoms with E-state index in [1.807, 2.05) is 12.3 Å². The van der Waals surface area contributed by atoms with Gasteiger partial charge >= 0.3 is 0 Å². The Kier molecular flexibility index (Phi) is 3.44. The minimum Gasteiger partial charge on any atom is -0.377 e. The van der Waals surface area contributed by atoms with Gasteiger partial charge in [0, 0.05) is 6.61 Å². The van der Waals surface area contributed by atoms with Crippen molar-refractivity contribution in [1.82, 2.24) is 0 Å². The van der Waals surface area contributed by atoms with Gasteiger partial charge in [0.15, 0.2) is 5.78 Å². The van der Waals surface area contributed by atoms with Crippen molar-refractivity contribution >= 4 is 28.7 Å². The van der Waals surface area contributed by atoms with Gasteiger partial charge < -0.3 is 4.74 Å². The lowest BCUT2D eigenvalue weighted by atomic mass is 9.94. The van der Waals surface area contributed by atoms with Crippen molar-refractivity contribution in [2.45, 2.75) is 25.9 Å². The molecule has 4 heteroatoms. The fourth-order valence-corrected chi connectivity index (χ4v) is 3.14. The average Bonchev–Trinajstić information content (AvgIpc) is 2.84. The van der Waals surface area contributed by atoms with E-state index in [2.05, 4.69) is 0 Å². The Labute approximate surface area is 98.2 Å². The van der Waals surface area contributed by atoms with Crippen molar-refractivity contribution in [2.24, 2.45) is 5.92 Å². The molecule has 0 spiro atoms. The number of thiophene rings is 1. The van der Waals surface area contributed by atoms with Crippen LogP contribution in [0.1, 0.15) is 29.4 Å². The van der Waals surface area contributed by atoms with E-state index in [4.69, 9.17) is 16.3 Å². The zero-order chi connectivity index (χ0) is 10.8. The van der Waals surface area contributed by atoms with Crippen LogP contribution in [0.2, 0.25) is 5.02 Å². The summed E-state index contributed by atoms with van der Waals surface area (Å²) in [7, 11) is 0. The molecule has 0 aromatic carbocycles. The highest BCUT2D eigenvalue weighted by molar-refractivity contribution is 7.12. The topological polar surface area (TPSA) is 26.3 Å². The second-order valence-electron chi connectivity index (χ2n) is 3.67. The van der Waals surface area contributed by atoms with Gasteiger partial charge in [0.2, 0.25) is 0 Å². The van der Waals surface area contributed by atoms with Crippen molar-refractivity contribution in [1.29, 1.82) is 0 Å². The maximum absolute atomic E-state index is 12.1. The van der Waals surface area contributed by atoms with Crippen molar-refractivity contribution in [3.05, 3.63) is 21.3 Å². The molecule has 2 heterocycles. The van der Waals surface area contributed by atoms with Gasteiger partial charge in [-0.1, -0.05) is 18.5 Å². The Morgan fingerprint density at radius 3 is 3.13 bits per heavy atom. The molecule has 2 unspecified atom stereocenters. The molecule has 15 heavy (non-hydrogen) atoms. The van der Waals surface area contributed by atoms with Crippen molar-refractivity contribution in [2.75, 3.05) is 6.61 Å². The number of Topliss-reactive ketones (excluding diaryl/α,β-unsaturated/α-hetero) is 1. The number of hydrogen-bond acceptors (Lipinski definition) is 3. The van der Waals surface area contributed by atoms with E-state index in [0.29, 0.717) is 16.5 Å². The Morgan fingerprint density at radius 1 is 1.73 bits per heavy atom. The van der Waals surface area contributed by atoms with Gasteiger partial charge in [0.1, 0.15) is 0 Å². The summed E-state index contributed by atoms with van der Waals surface area (Å²) >= 11 is 7.37. The van der Waals surface area contributed by atoms with Gasteiger partial charge in [-0.15, -0.1) is 11.3 Å². The Hall–Kier alpha value is -0.380. The Balaban J connectivity index is 2.18. The molecular weight excluding hydrogens is 232 g/mol. The molecule has 1 aliphatic rings. The van der Waals surface area contributed by atoms with Gasteiger partial charge in [-0.25, -0.2) is 0 Å². The van der Waals surface area contributed by atoms with Crippen molar-refractivity contribution < 1.29 is 9.53 Å². The van der Waals surface area contributed by atoms with E-state index < -0.39 is 0 Å². The molecular formula is C11H13ClO2S. The molecule has 2 rings (SSSR count). The predicted octanol–water partition coefficient (Wildman–Crippen LogP) is 3.40. The first kappa shape index (κ1) is 11.1. The van der Waals surface area contributed by atoms with Crippen LogP contribution < -0.4 is 0 Å². The van der Waals surface area contributed by atoms with E-state index in [-0.39, 0.29) is 17.8 Å². The normalized spacial score (nSPS) is 25.7. The van der Waals surface area contributed by atoms with Crippen LogP contribution in [0.25, 0.3) is 0 Å². The van der Waals surface area contributed by atoms with Crippen LogP contribution in [0.15, 0.2) is 11.4 Å². The standard InChI is InChI=1S/C11H13ClO2S/c1-2-9-7(3-5-14-9)10(13)11-8(12)4-6-15-11/h4,6-7,9H,2-3,5H2,1H3. The van der Waals surface area contributed by atoms with Crippen LogP contribution in [-0.2, 0) is 4.74 Å². The number of hydrogen-bond donors (Lipinski definition) is 0. The first-order chi connectivity index (χ1) is 7.24. The Morgan fingerprint density at radius 2 is 2.53 bits per heavy atom. The number of halogens is 1. The average molecular weight is 245 g/mol. The lowest BCUT2D eigenvalue weighted by Gasteiger charge is -2.14. The fourth-order valence-electron chi connectivity index (χ4n) is 1.99. The van der Waals surface area contributed by atoms with E-state index in [0.717, 1.165) is 12.8 Å². The van der Waals surface area contributed by atoms with Crippen molar-refractivity contribution in [3.63, 3.8) is 0 Å². The zero-order valence-electron chi connectivity index (χ0n) is 8.53. The number of rotatable bonds is 3. The van der Waals surface area contributed by atoms with Gasteiger partial charge in [0.05, 0.1) is 21.9 Å². The summed E-state index contributed by atoms with van der Waals surface area (Å²) in [5.41, 5.74) is 0. The van der Waals surface area contributed by atoms with Gasteiger partial charge in [-0.2, -0.15) is 0 Å². The largest absolute Gasteiger partial charge is 0.377 e. The summed E-state index contributed by atoms with van der Waals surface area (Å²) in [5.74, 6) is 0.158. The second-order valence-corrected chi connectivity index (χ2v) is 5.00. The maximum Gasteiger partial charge on any atom is 0.180 e. The third-order valence-electron chi connectivity index (χ3n) is 2.79. The highest BCUT2D eigenvalue weighted by atomic mass is 35.5. The van der Waals surface area contributed by atoms with Crippen LogP contribution >= 0.6 is 22.9 Å². The highest BCUT2D eigenvalue weighted by Crippen LogP contribution is 2.31. The number of ketones is 1. The molecule has 0 aliphatic carbocycles. The predicted molar refractivity (Wildman–Crippen MR) is 61.8 cm³/mol. The molecule has 82 valence electrons. The van der Waals surface area contributed by atoms with Crippen LogP contribution in [-0.4, -0.2) is 18.5 Å². The molecule has 0 radical (unpaired) electrons. The lowest BCUT2D eigenvalue weighted by Crippen LogP contribution is -2.23. The third kappa shape index (κ3) is 2.10. The summed E-state index contributed by atoms with van der Waals surface area (Å²) in [6.07, 6.45) is 1.79. The smallest absolute Gasteiger partial charge is 0.180 e. The van der Waals surface area contributed by atoms with Crippen LogP contribution in [0.4, 0.5) is 0 Å². The van der Waals surface area contributed by atoms with Gasteiger partial charge in [-0.3, -0.25) is 4.79 Å². The third-order valence-corrected chi connectivity index (χ3v) is 4.15. The highest BCUT2D eigenvalue weighted by Gasteiger charge is 2.34.